The molecule has 2 heterocycles. The van der Waals surface area contributed by atoms with Crippen molar-refractivity contribution in [2.45, 2.75) is 43.4 Å². The normalized spacial score (nSPS) is 32.7. The third kappa shape index (κ3) is 2.88. The van der Waals surface area contributed by atoms with Gasteiger partial charge in [-0.1, -0.05) is 6.42 Å². The molecule has 2 aliphatic heterocycles. The number of amides is 1. The summed E-state index contributed by atoms with van der Waals surface area (Å²) < 4.78 is 0. The van der Waals surface area contributed by atoms with E-state index < -0.39 is 0 Å². The first-order chi connectivity index (χ1) is 7.27. The minimum absolute atomic E-state index is 0.205. The smallest absolute Gasteiger partial charge is 0.235 e. The van der Waals surface area contributed by atoms with Gasteiger partial charge >= 0.3 is 0 Å². The van der Waals surface area contributed by atoms with Crippen LogP contribution >= 0.6 is 11.8 Å². The Morgan fingerprint density at radius 3 is 2.80 bits per heavy atom. The zero-order valence-electron chi connectivity index (χ0n) is 9.15. The topological polar surface area (TPSA) is 46.3 Å². The second-order valence-electron chi connectivity index (χ2n) is 4.54. The number of hydrogen-bond donors (Lipinski definition) is 1. The van der Waals surface area contributed by atoms with Crippen LogP contribution in [-0.4, -0.2) is 40.9 Å². The van der Waals surface area contributed by atoms with Crippen molar-refractivity contribution in [3.63, 3.8) is 0 Å². The van der Waals surface area contributed by atoms with Crippen LogP contribution in [0.1, 0.15) is 32.1 Å². The third-order valence-electron chi connectivity index (χ3n) is 3.22. The Labute approximate surface area is 95.8 Å². The minimum Gasteiger partial charge on any atom is -0.340 e. The molecule has 0 aromatic rings. The van der Waals surface area contributed by atoms with E-state index in [0.717, 1.165) is 38.1 Å². The highest BCUT2D eigenvalue weighted by molar-refractivity contribution is 8.00. The molecule has 0 saturated carbocycles. The highest BCUT2D eigenvalue weighted by Gasteiger charge is 2.28. The molecule has 0 aliphatic carbocycles. The van der Waals surface area contributed by atoms with Gasteiger partial charge in [0.2, 0.25) is 5.91 Å². The lowest BCUT2D eigenvalue weighted by atomic mass is 10.1. The van der Waals surface area contributed by atoms with Crippen LogP contribution in [0.2, 0.25) is 0 Å². The number of rotatable bonds is 1. The second kappa shape index (κ2) is 5.21. The van der Waals surface area contributed by atoms with Gasteiger partial charge in [0.25, 0.3) is 0 Å². The van der Waals surface area contributed by atoms with Crippen molar-refractivity contribution in [2.24, 2.45) is 5.73 Å². The first-order valence-electron chi connectivity index (χ1n) is 5.93. The predicted octanol–water partition coefficient (Wildman–Crippen LogP) is 1.22. The molecule has 2 rings (SSSR count). The molecule has 2 atom stereocenters. The molecule has 15 heavy (non-hydrogen) atoms. The maximum Gasteiger partial charge on any atom is 0.235 e. The van der Waals surface area contributed by atoms with Gasteiger partial charge in [0, 0.05) is 19.1 Å². The fourth-order valence-electron chi connectivity index (χ4n) is 2.35. The molecule has 4 heteroatoms. The Hall–Kier alpha value is -0.220. The molecule has 0 aromatic heterocycles. The summed E-state index contributed by atoms with van der Waals surface area (Å²) in [5, 5.41) is 0.226. The quantitative estimate of drug-likeness (QED) is 0.734. The summed E-state index contributed by atoms with van der Waals surface area (Å²) in [5.41, 5.74) is 5.89. The molecule has 0 aromatic carbocycles. The number of thioether (sulfide) groups is 1. The van der Waals surface area contributed by atoms with Crippen LogP contribution in [0, 0.1) is 0 Å². The molecular weight excluding hydrogens is 208 g/mol. The van der Waals surface area contributed by atoms with Crippen LogP contribution in [0.3, 0.4) is 0 Å². The minimum atomic E-state index is 0.205. The lowest BCUT2D eigenvalue weighted by Crippen LogP contribution is -2.48. The van der Waals surface area contributed by atoms with Crippen molar-refractivity contribution in [3.05, 3.63) is 0 Å². The molecular formula is C11H20N2OS. The van der Waals surface area contributed by atoms with Crippen molar-refractivity contribution in [3.8, 4) is 0 Å². The van der Waals surface area contributed by atoms with Crippen molar-refractivity contribution >= 4 is 17.7 Å². The van der Waals surface area contributed by atoms with Gasteiger partial charge in [0.15, 0.2) is 0 Å². The number of carbonyl (C=O) groups is 1. The summed E-state index contributed by atoms with van der Waals surface area (Å²) in [7, 11) is 0. The summed E-state index contributed by atoms with van der Waals surface area (Å²) in [4.78, 5) is 14.1. The highest BCUT2D eigenvalue weighted by atomic mass is 32.2. The summed E-state index contributed by atoms with van der Waals surface area (Å²) in [5.74, 6) is 1.49. The molecule has 0 radical (unpaired) electrons. The van der Waals surface area contributed by atoms with Gasteiger partial charge < -0.3 is 10.6 Å². The molecule has 2 unspecified atom stereocenters. The van der Waals surface area contributed by atoms with Gasteiger partial charge in [-0.15, -0.1) is 11.8 Å². The van der Waals surface area contributed by atoms with Gasteiger partial charge in [-0.05, 0) is 31.4 Å². The van der Waals surface area contributed by atoms with E-state index in [1.54, 1.807) is 0 Å². The molecule has 3 nitrogen and oxygen atoms in total. The van der Waals surface area contributed by atoms with Crippen LogP contribution in [0.5, 0.6) is 0 Å². The molecule has 2 saturated heterocycles. The molecule has 2 N–H and O–H groups in total. The summed E-state index contributed by atoms with van der Waals surface area (Å²) in [6, 6.07) is 0.205. The van der Waals surface area contributed by atoms with E-state index in [2.05, 4.69) is 0 Å². The third-order valence-corrected chi connectivity index (χ3v) is 4.59. The van der Waals surface area contributed by atoms with Crippen molar-refractivity contribution in [1.82, 2.24) is 4.90 Å². The van der Waals surface area contributed by atoms with Crippen molar-refractivity contribution < 1.29 is 4.79 Å². The van der Waals surface area contributed by atoms with E-state index in [9.17, 15) is 4.79 Å². The lowest BCUT2D eigenvalue weighted by molar-refractivity contribution is -0.131. The number of piperidine rings is 1. The molecule has 0 spiro atoms. The van der Waals surface area contributed by atoms with Crippen molar-refractivity contribution in [1.29, 1.82) is 0 Å². The average Bonchev–Trinajstić information content (AvgIpc) is 2.29. The van der Waals surface area contributed by atoms with Gasteiger partial charge in [-0.2, -0.15) is 0 Å². The number of nitrogens with two attached hydrogens (primary N) is 1. The summed E-state index contributed by atoms with van der Waals surface area (Å²) in [6.45, 7) is 1.69. The van der Waals surface area contributed by atoms with E-state index in [4.69, 9.17) is 5.73 Å². The molecule has 0 bridgehead atoms. The van der Waals surface area contributed by atoms with E-state index >= 15 is 0 Å². The van der Waals surface area contributed by atoms with Gasteiger partial charge in [0.05, 0.1) is 5.25 Å². The lowest BCUT2D eigenvalue weighted by Gasteiger charge is -2.34. The number of hydrogen-bond acceptors (Lipinski definition) is 3. The Morgan fingerprint density at radius 1 is 1.27 bits per heavy atom. The van der Waals surface area contributed by atoms with Gasteiger partial charge in [0.1, 0.15) is 0 Å². The van der Waals surface area contributed by atoms with E-state index in [0.29, 0.717) is 5.91 Å². The standard InChI is InChI=1S/C11H20N2OS/c12-9-4-3-6-13(8-9)11(14)10-5-1-2-7-15-10/h9-10H,1-8,12H2. The monoisotopic (exact) mass is 228 g/mol. The van der Waals surface area contributed by atoms with Crippen LogP contribution in [0.4, 0.5) is 0 Å². The fourth-order valence-corrected chi connectivity index (χ4v) is 3.63. The maximum absolute atomic E-state index is 12.1. The zero-order valence-corrected chi connectivity index (χ0v) is 9.97. The maximum atomic E-state index is 12.1. The van der Waals surface area contributed by atoms with E-state index in [1.807, 2.05) is 16.7 Å². The first-order valence-corrected chi connectivity index (χ1v) is 6.98. The number of carbonyl (C=O) groups excluding carboxylic acids is 1. The highest BCUT2D eigenvalue weighted by Crippen LogP contribution is 2.27. The summed E-state index contributed by atoms with van der Waals surface area (Å²) >= 11 is 1.83. The SMILES string of the molecule is NC1CCCN(C(=O)C2CCCCS2)C1. The van der Waals surface area contributed by atoms with Gasteiger partial charge in [-0.25, -0.2) is 0 Å². The first kappa shape index (κ1) is 11.3. The molecule has 2 fully saturated rings. The van der Waals surface area contributed by atoms with Crippen LogP contribution in [0.25, 0.3) is 0 Å². The van der Waals surface area contributed by atoms with E-state index in [1.165, 1.54) is 12.8 Å². The van der Waals surface area contributed by atoms with Crippen LogP contribution in [-0.2, 0) is 4.79 Å². The molecule has 1 amide bonds. The largest absolute Gasteiger partial charge is 0.340 e. The predicted molar refractivity (Wildman–Crippen MR) is 63.9 cm³/mol. The zero-order chi connectivity index (χ0) is 10.7. The van der Waals surface area contributed by atoms with Crippen LogP contribution < -0.4 is 5.73 Å². The fraction of sp³-hybridized carbons (Fsp3) is 0.909. The number of likely N-dealkylation sites (tertiary alicyclic amines) is 1. The average molecular weight is 228 g/mol. The second-order valence-corrected chi connectivity index (χ2v) is 5.85. The number of nitrogens with zero attached hydrogens (tertiary/aromatic N) is 1. The summed E-state index contributed by atoms with van der Waals surface area (Å²) in [6.07, 6.45) is 5.69. The Bertz CT molecular complexity index is 229. The van der Waals surface area contributed by atoms with E-state index in [-0.39, 0.29) is 11.3 Å². The molecule has 2 aliphatic rings. The molecule has 86 valence electrons. The van der Waals surface area contributed by atoms with Crippen molar-refractivity contribution in [2.75, 3.05) is 18.8 Å². The Morgan fingerprint density at radius 2 is 2.13 bits per heavy atom. The Kier molecular flexibility index (Phi) is 3.92. The van der Waals surface area contributed by atoms with Gasteiger partial charge in [-0.3, -0.25) is 4.79 Å². The van der Waals surface area contributed by atoms with Crippen LogP contribution in [0.15, 0.2) is 0 Å². The Balaban J connectivity index is 1.88.